The van der Waals surface area contributed by atoms with Gasteiger partial charge in [0.15, 0.2) is 0 Å². The van der Waals surface area contributed by atoms with Crippen LogP contribution >= 0.6 is 0 Å². The number of hydrogen-bond donors (Lipinski definition) is 1. The zero-order valence-electron chi connectivity index (χ0n) is 9.91. The maximum Gasteiger partial charge on any atom is 0.298 e. The number of amides is 1. The minimum Gasteiger partial charge on any atom is -0.329 e. The van der Waals surface area contributed by atoms with Crippen molar-refractivity contribution in [3.63, 3.8) is 0 Å². The normalized spacial score (nSPS) is 32.1. The van der Waals surface area contributed by atoms with Crippen molar-refractivity contribution in [2.75, 3.05) is 6.54 Å². The van der Waals surface area contributed by atoms with Crippen LogP contribution in [0.25, 0.3) is 0 Å². The molecule has 2 aliphatic heterocycles. The Morgan fingerprint density at radius 3 is 2.56 bits per heavy atom. The monoisotopic (exact) mass is 220 g/mol. The van der Waals surface area contributed by atoms with Gasteiger partial charge in [0.05, 0.1) is 0 Å². The molecule has 0 aromatic heterocycles. The Kier molecular flexibility index (Phi) is 3.50. The summed E-state index contributed by atoms with van der Waals surface area (Å²) in [6.07, 6.45) is 10.9. The number of carbonyl (C=O) groups is 1. The summed E-state index contributed by atoms with van der Waals surface area (Å²) in [4.78, 5) is 13.6. The molecule has 3 heteroatoms. The van der Waals surface area contributed by atoms with Crippen molar-refractivity contribution in [2.24, 2.45) is 0 Å². The Bertz CT molecular complexity index is 296. The van der Waals surface area contributed by atoms with E-state index in [4.69, 9.17) is 6.42 Å². The van der Waals surface area contributed by atoms with Crippen LogP contribution in [0.15, 0.2) is 0 Å². The van der Waals surface area contributed by atoms with Crippen LogP contribution in [0.4, 0.5) is 0 Å². The molecule has 0 spiro atoms. The van der Waals surface area contributed by atoms with Gasteiger partial charge >= 0.3 is 0 Å². The van der Waals surface area contributed by atoms with Crippen LogP contribution in [0.5, 0.6) is 0 Å². The smallest absolute Gasteiger partial charge is 0.298 e. The van der Waals surface area contributed by atoms with E-state index < -0.39 is 0 Å². The molecular formula is C13H20N2O. The van der Waals surface area contributed by atoms with Gasteiger partial charge in [0.1, 0.15) is 0 Å². The van der Waals surface area contributed by atoms with Crippen LogP contribution < -0.4 is 5.32 Å². The van der Waals surface area contributed by atoms with Crippen molar-refractivity contribution >= 4 is 5.91 Å². The zero-order valence-corrected chi connectivity index (χ0v) is 9.91. The third kappa shape index (κ3) is 2.22. The number of piperidine rings is 1. The van der Waals surface area contributed by atoms with Gasteiger partial charge in [-0.05, 0) is 38.0 Å². The lowest BCUT2D eigenvalue weighted by molar-refractivity contribution is -0.128. The molecule has 0 aliphatic carbocycles. The third-order valence-electron chi connectivity index (χ3n) is 3.74. The Labute approximate surface area is 97.6 Å². The second kappa shape index (κ2) is 4.88. The van der Waals surface area contributed by atoms with E-state index in [0.29, 0.717) is 18.1 Å². The summed E-state index contributed by atoms with van der Waals surface area (Å²) in [5.74, 6) is 2.13. The lowest BCUT2D eigenvalue weighted by atomic mass is 9.98. The summed E-state index contributed by atoms with van der Waals surface area (Å²) in [5.41, 5.74) is 0. The second-order valence-electron chi connectivity index (χ2n) is 4.91. The van der Waals surface area contributed by atoms with Crippen LogP contribution in [0.2, 0.25) is 0 Å². The minimum atomic E-state index is -0.131. The van der Waals surface area contributed by atoms with Gasteiger partial charge in [0.2, 0.25) is 0 Å². The fourth-order valence-corrected chi connectivity index (χ4v) is 3.06. The van der Waals surface area contributed by atoms with Crippen LogP contribution in [0, 0.1) is 12.3 Å². The van der Waals surface area contributed by atoms with Crippen molar-refractivity contribution < 1.29 is 4.79 Å². The maximum absolute atomic E-state index is 11.7. The highest BCUT2D eigenvalue weighted by molar-refractivity contribution is 5.93. The molecule has 0 saturated carbocycles. The highest BCUT2D eigenvalue weighted by Gasteiger charge is 2.36. The Morgan fingerprint density at radius 1 is 1.44 bits per heavy atom. The molecule has 2 bridgehead atoms. The summed E-state index contributed by atoms with van der Waals surface area (Å²) in [7, 11) is 0. The lowest BCUT2D eigenvalue weighted by Gasteiger charge is -2.36. The summed E-state index contributed by atoms with van der Waals surface area (Å²) >= 11 is 0. The van der Waals surface area contributed by atoms with Gasteiger partial charge in [-0.15, -0.1) is 6.42 Å². The van der Waals surface area contributed by atoms with E-state index in [2.05, 4.69) is 18.2 Å². The molecule has 1 N–H and O–H groups in total. The van der Waals surface area contributed by atoms with Crippen LogP contribution in [0.1, 0.15) is 39.0 Å². The van der Waals surface area contributed by atoms with Gasteiger partial charge in [0, 0.05) is 24.7 Å². The Balaban J connectivity index is 2.03. The van der Waals surface area contributed by atoms with Crippen molar-refractivity contribution in [1.82, 2.24) is 10.2 Å². The molecule has 0 radical (unpaired) electrons. The van der Waals surface area contributed by atoms with Crippen molar-refractivity contribution in [2.45, 2.75) is 57.2 Å². The summed E-state index contributed by atoms with van der Waals surface area (Å²) in [6.45, 7) is 2.89. The first-order chi connectivity index (χ1) is 7.74. The first-order valence-corrected chi connectivity index (χ1v) is 6.27. The van der Waals surface area contributed by atoms with Gasteiger partial charge < -0.3 is 10.2 Å². The molecule has 0 aromatic rings. The van der Waals surface area contributed by atoms with E-state index >= 15 is 0 Å². The van der Waals surface area contributed by atoms with Crippen LogP contribution in [-0.4, -0.2) is 35.5 Å². The van der Waals surface area contributed by atoms with Crippen molar-refractivity contribution in [1.29, 1.82) is 0 Å². The summed E-state index contributed by atoms with van der Waals surface area (Å²) < 4.78 is 0. The van der Waals surface area contributed by atoms with Crippen molar-refractivity contribution in [3.8, 4) is 12.3 Å². The standard InChI is InChI=1S/C13H20N2O/c1-3-7-15(13(16)4-2)12-8-10-5-6-11(9-12)14-10/h2,10-12,14H,3,5-9H2,1H3. The minimum absolute atomic E-state index is 0.131. The Morgan fingerprint density at radius 2 is 2.06 bits per heavy atom. The summed E-state index contributed by atoms with van der Waals surface area (Å²) in [5, 5.41) is 3.58. The fraction of sp³-hybridized carbons (Fsp3) is 0.769. The van der Waals surface area contributed by atoms with E-state index in [0.717, 1.165) is 25.8 Å². The molecule has 2 atom stereocenters. The largest absolute Gasteiger partial charge is 0.329 e. The predicted molar refractivity (Wildman–Crippen MR) is 63.8 cm³/mol. The third-order valence-corrected chi connectivity index (χ3v) is 3.74. The molecule has 16 heavy (non-hydrogen) atoms. The van der Waals surface area contributed by atoms with Gasteiger partial charge in [0.25, 0.3) is 5.91 Å². The maximum atomic E-state index is 11.7. The average Bonchev–Trinajstić information content (AvgIpc) is 2.64. The molecule has 2 aliphatic rings. The SMILES string of the molecule is C#CC(=O)N(CCC)C1CC2CCC(C1)N2. The second-order valence-corrected chi connectivity index (χ2v) is 4.91. The first kappa shape index (κ1) is 11.5. The molecule has 2 fully saturated rings. The molecular weight excluding hydrogens is 200 g/mol. The molecule has 1 amide bonds. The fourth-order valence-electron chi connectivity index (χ4n) is 3.06. The van der Waals surface area contributed by atoms with E-state index in [-0.39, 0.29) is 5.91 Å². The number of nitrogens with one attached hydrogen (secondary N) is 1. The molecule has 3 nitrogen and oxygen atoms in total. The van der Waals surface area contributed by atoms with Crippen molar-refractivity contribution in [3.05, 3.63) is 0 Å². The molecule has 2 unspecified atom stereocenters. The van der Waals surface area contributed by atoms with Crippen LogP contribution in [-0.2, 0) is 4.79 Å². The predicted octanol–water partition coefficient (Wildman–Crippen LogP) is 1.14. The highest BCUT2D eigenvalue weighted by Crippen LogP contribution is 2.29. The number of nitrogens with zero attached hydrogens (tertiary/aromatic N) is 1. The van der Waals surface area contributed by atoms with E-state index in [9.17, 15) is 4.79 Å². The van der Waals surface area contributed by atoms with Gasteiger partial charge in [-0.1, -0.05) is 6.92 Å². The lowest BCUT2D eigenvalue weighted by Crippen LogP contribution is -2.50. The average molecular weight is 220 g/mol. The molecule has 2 rings (SSSR count). The first-order valence-electron chi connectivity index (χ1n) is 6.27. The summed E-state index contributed by atoms with van der Waals surface area (Å²) in [6, 6.07) is 1.57. The highest BCUT2D eigenvalue weighted by atomic mass is 16.2. The van der Waals surface area contributed by atoms with E-state index in [1.54, 1.807) is 0 Å². The molecule has 2 heterocycles. The van der Waals surface area contributed by atoms with Gasteiger partial charge in [-0.2, -0.15) is 0 Å². The number of terminal acetylenes is 1. The van der Waals surface area contributed by atoms with E-state index in [1.807, 2.05) is 4.90 Å². The number of carbonyl (C=O) groups excluding carboxylic acids is 1. The van der Waals surface area contributed by atoms with E-state index in [1.165, 1.54) is 12.8 Å². The van der Waals surface area contributed by atoms with Gasteiger partial charge in [-0.25, -0.2) is 0 Å². The number of rotatable bonds is 3. The zero-order chi connectivity index (χ0) is 11.5. The molecule has 2 saturated heterocycles. The number of fused-ring (bicyclic) bond motifs is 2. The number of hydrogen-bond acceptors (Lipinski definition) is 2. The quantitative estimate of drug-likeness (QED) is 0.723. The molecule has 0 aromatic carbocycles. The van der Waals surface area contributed by atoms with Crippen LogP contribution in [0.3, 0.4) is 0 Å². The van der Waals surface area contributed by atoms with Gasteiger partial charge in [-0.3, -0.25) is 4.79 Å². The topological polar surface area (TPSA) is 32.3 Å². The molecule has 88 valence electrons. The Hall–Kier alpha value is -1.01.